The summed E-state index contributed by atoms with van der Waals surface area (Å²) < 4.78 is 4.70. The van der Waals surface area contributed by atoms with Crippen molar-refractivity contribution in [1.29, 1.82) is 0 Å². The van der Waals surface area contributed by atoms with E-state index in [1.807, 2.05) is 6.08 Å². The van der Waals surface area contributed by atoms with Gasteiger partial charge >= 0.3 is 5.97 Å². The topological polar surface area (TPSA) is 45.3 Å². The molecule has 31 heavy (non-hydrogen) atoms. The molecular weight excluding hydrogens is 384 g/mol. The Morgan fingerprint density at radius 3 is 2.94 bits per heavy atom. The number of ether oxygens (including phenoxy) is 1. The highest BCUT2D eigenvalue weighted by atomic mass is 16.5. The maximum absolute atomic E-state index is 11.4. The smallest absolute Gasteiger partial charge is 0.330 e. The molecule has 2 aromatic carbocycles. The highest BCUT2D eigenvalue weighted by molar-refractivity contribution is 5.87. The zero-order chi connectivity index (χ0) is 21.6. The van der Waals surface area contributed by atoms with E-state index in [9.17, 15) is 4.79 Å². The first-order valence-corrected chi connectivity index (χ1v) is 11.4. The summed E-state index contributed by atoms with van der Waals surface area (Å²) in [6, 6.07) is 15.6. The second-order valence-electron chi connectivity index (χ2n) is 8.37. The van der Waals surface area contributed by atoms with E-state index in [1.165, 1.54) is 53.6 Å². The first-order chi connectivity index (χ1) is 15.2. The van der Waals surface area contributed by atoms with Crippen LogP contribution in [0.15, 0.2) is 54.7 Å². The third-order valence-corrected chi connectivity index (χ3v) is 6.41. The summed E-state index contributed by atoms with van der Waals surface area (Å²) in [7, 11) is 1.40. The monoisotopic (exact) mass is 416 g/mol. The first kappa shape index (κ1) is 21.4. The lowest BCUT2D eigenvalue weighted by Gasteiger charge is -2.29. The number of methoxy groups -OCH3 is 1. The first-order valence-electron chi connectivity index (χ1n) is 11.4. The van der Waals surface area contributed by atoms with Crippen molar-refractivity contribution in [3.63, 3.8) is 0 Å². The predicted octanol–water partition coefficient (Wildman–Crippen LogP) is 5.69. The van der Waals surface area contributed by atoms with Crippen molar-refractivity contribution >= 4 is 22.9 Å². The molecule has 0 amide bonds. The summed E-state index contributed by atoms with van der Waals surface area (Å²) in [6.45, 7) is 4.46. The second kappa shape index (κ2) is 9.97. The van der Waals surface area contributed by atoms with Gasteiger partial charge in [-0.05, 0) is 66.6 Å². The van der Waals surface area contributed by atoms with E-state index in [2.05, 4.69) is 65.5 Å². The Morgan fingerprint density at radius 2 is 2.10 bits per heavy atom. The molecule has 1 N–H and O–H groups in total. The quantitative estimate of drug-likeness (QED) is 0.360. The molecule has 3 aromatic rings. The van der Waals surface area contributed by atoms with E-state index in [0.29, 0.717) is 6.04 Å². The lowest BCUT2D eigenvalue weighted by molar-refractivity contribution is -0.134. The maximum atomic E-state index is 11.4. The number of carbonyl (C=O) groups is 1. The second-order valence-corrected chi connectivity index (χ2v) is 8.37. The van der Waals surface area contributed by atoms with Crippen molar-refractivity contribution in [2.75, 3.05) is 20.2 Å². The largest absolute Gasteiger partial charge is 0.466 e. The molecule has 4 rings (SSSR count). The highest BCUT2D eigenvalue weighted by Gasteiger charge is 2.27. The van der Waals surface area contributed by atoms with Gasteiger partial charge in [0.15, 0.2) is 0 Å². The molecule has 1 unspecified atom stereocenters. The van der Waals surface area contributed by atoms with E-state index in [0.717, 1.165) is 37.9 Å². The van der Waals surface area contributed by atoms with E-state index >= 15 is 0 Å². The number of hydrogen-bond acceptors (Lipinski definition) is 3. The van der Waals surface area contributed by atoms with Crippen LogP contribution in [0.25, 0.3) is 17.0 Å². The lowest BCUT2D eigenvalue weighted by atomic mass is 10.0. The molecule has 1 atom stereocenters. The van der Waals surface area contributed by atoms with Crippen LogP contribution in [0.1, 0.15) is 54.5 Å². The molecule has 0 fully saturated rings. The van der Waals surface area contributed by atoms with Crippen LogP contribution in [0, 0.1) is 0 Å². The predicted molar refractivity (Wildman–Crippen MR) is 127 cm³/mol. The van der Waals surface area contributed by atoms with Gasteiger partial charge in [-0.1, -0.05) is 49.7 Å². The number of hydrogen-bond donors (Lipinski definition) is 1. The molecule has 162 valence electrons. The van der Waals surface area contributed by atoms with Crippen molar-refractivity contribution in [2.24, 2.45) is 0 Å². The summed E-state index contributed by atoms with van der Waals surface area (Å²) in [5.41, 5.74) is 6.54. The van der Waals surface area contributed by atoms with Crippen LogP contribution in [0.4, 0.5) is 0 Å². The summed E-state index contributed by atoms with van der Waals surface area (Å²) in [4.78, 5) is 17.5. The molecule has 0 spiro atoms. The molecule has 4 heteroatoms. The van der Waals surface area contributed by atoms with Crippen molar-refractivity contribution in [1.82, 2.24) is 9.88 Å². The minimum atomic E-state index is -0.318. The number of unbranched alkanes of at least 4 members (excludes halogenated alkanes) is 1. The fraction of sp³-hybridized carbons (Fsp3) is 0.370. The van der Waals surface area contributed by atoms with Crippen molar-refractivity contribution in [3.05, 3.63) is 77.0 Å². The van der Waals surface area contributed by atoms with Crippen molar-refractivity contribution in [2.45, 2.75) is 45.1 Å². The lowest BCUT2D eigenvalue weighted by Crippen LogP contribution is -2.30. The molecule has 1 aromatic heterocycles. The number of H-pyrrole nitrogens is 1. The van der Waals surface area contributed by atoms with Gasteiger partial charge in [0.1, 0.15) is 0 Å². The third kappa shape index (κ3) is 4.91. The maximum Gasteiger partial charge on any atom is 0.330 e. The molecule has 0 radical (unpaired) electrons. The Kier molecular flexibility index (Phi) is 6.88. The number of esters is 1. The van der Waals surface area contributed by atoms with Gasteiger partial charge in [0.05, 0.1) is 7.11 Å². The van der Waals surface area contributed by atoms with Crippen LogP contribution in [-0.2, 0) is 22.4 Å². The fourth-order valence-corrected chi connectivity index (χ4v) is 4.72. The molecule has 0 aliphatic heterocycles. The number of nitrogens with one attached hydrogen (secondary N) is 1. The summed E-state index contributed by atoms with van der Waals surface area (Å²) in [5.74, 6) is -0.318. The minimum absolute atomic E-state index is 0.318. The molecular formula is C27H32N2O2. The van der Waals surface area contributed by atoms with Crippen LogP contribution >= 0.6 is 0 Å². The number of rotatable bonds is 9. The summed E-state index contributed by atoms with van der Waals surface area (Å²) in [6.07, 6.45) is 11.2. The standard InChI is InChI=1S/C27H32N2O2/c1-3-4-16-29(17-15-22-19-28-25-8-6-5-7-23(22)25)26-13-11-21-18-20(9-12-24(21)26)10-14-27(30)31-2/h5-10,12,14,18-19,26,28H,3-4,11,13,15-17H2,1-2H3. The molecule has 1 aliphatic rings. The molecule has 0 saturated heterocycles. The average Bonchev–Trinajstić information content (AvgIpc) is 3.41. The Morgan fingerprint density at radius 1 is 1.23 bits per heavy atom. The van der Waals surface area contributed by atoms with E-state index in [1.54, 1.807) is 0 Å². The minimum Gasteiger partial charge on any atom is -0.466 e. The number of fused-ring (bicyclic) bond motifs is 2. The van der Waals surface area contributed by atoms with Gasteiger partial charge < -0.3 is 9.72 Å². The SMILES string of the molecule is CCCCN(CCc1c[nH]c2ccccc12)C1CCc2cc(C=CC(=O)OC)ccc21. The zero-order valence-electron chi connectivity index (χ0n) is 18.6. The van der Waals surface area contributed by atoms with Crippen LogP contribution in [-0.4, -0.2) is 36.1 Å². The Hall–Kier alpha value is -2.85. The van der Waals surface area contributed by atoms with Crippen LogP contribution in [0.2, 0.25) is 0 Å². The van der Waals surface area contributed by atoms with Gasteiger partial charge in [0.25, 0.3) is 0 Å². The van der Waals surface area contributed by atoms with E-state index < -0.39 is 0 Å². The molecule has 1 heterocycles. The van der Waals surface area contributed by atoms with E-state index in [4.69, 9.17) is 4.74 Å². The highest BCUT2D eigenvalue weighted by Crippen LogP contribution is 2.37. The van der Waals surface area contributed by atoms with Gasteiger partial charge in [-0.2, -0.15) is 0 Å². The van der Waals surface area contributed by atoms with Gasteiger partial charge in [-0.3, -0.25) is 4.90 Å². The summed E-state index contributed by atoms with van der Waals surface area (Å²) in [5, 5.41) is 1.34. The number of benzene rings is 2. The van der Waals surface area contributed by atoms with Gasteiger partial charge in [-0.15, -0.1) is 0 Å². The number of aromatic amines is 1. The molecule has 1 aliphatic carbocycles. The third-order valence-electron chi connectivity index (χ3n) is 6.41. The number of nitrogens with zero attached hydrogens (tertiary/aromatic N) is 1. The van der Waals surface area contributed by atoms with Crippen LogP contribution in [0.5, 0.6) is 0 Å². The van der Waals surface area contributed by atoms with Crippen molar-refractivity contribution in [3.8, 4) is 0 Å². The van der Waals surface area contributed by atoms with Crippen LogP contribution < -0.4 is 0 Å². The van der Waals surface area contributed by atoms with Crippen LogP contribution in [0.3, 0.4) is 0 Å². The Balaban J connectivity index is 1.50. The summed E-state index contributed by atoms with van der Waals surface area (Å²) >= 11 is 0. The Labute approximate surface area is 184 Å². The normalized spacial score (nSPS) is 15.8. The van der Waals surface area contributed by atoms with Gasteiger partial charge in [-0.25, -0.2) is 4.79 Å². The number of carbonyl (C=O) groups excluding carboxylic acids is 1. The number of aryl methyl sites for hydroxylation is 1. The molecule has 0 saturated carbocycles. The Bertz CT molecular complexity index is 1070. The molecule has 0 bridgehead atoms. The van der Waals surface area contributed by atoms with Gasteiger partial charge in [0, 0.05) is 35.8 Å². The number of para-hydroxylation sites is 1. The number of aromatic nitrogens is 1. The van der Waals surface area contributed by atoms with Crippen molar-refractivity contribution < 1.29 is 9.53 Å². The molecule has 4 nitrogen and oxygen atoms in total. The van der Waals surface area contributed by atoms with Gasteiger partial charge in [0.2, 0.25) is 0 Å². The van der Waals surface area contributed by atoms with E-state index in [-0.39, 0.29) is 5.97 Å². The zero-order valence-corrected chi connectivity index (χ0v) is 18.6. The fourth-order valence-electron chi connectivity index (χ4n) is 4.72. The average molecular weight is 417 g/mol.